The van der Waals surface area contributed by atoms with Gasteiger partial charge < -0.3 is 9.32 Å². The molecule has 0 fully saturated rings. The van der Waals surface area contributed by atoms with E-state index >= 15 is 0 Å². The summed E-state index contributed by atoms with van der Waals surface area (Å²) in [6.45, 7) is 0.456. The van der Waals surface area contributed by atoms with E-state index in [1.807, 2.05) is 23.6 Å². The van der Waals surface area contributed by atoms with E-state index in [0.717, 1.165) is 9.55 Å². The van der Waals surface area contributed by atoms with Gasteiger partial charge in [0.2, 0.25) is 0 Å². The molecule has 0 bridgehead atoms. The number of carbonyl (C=O) groups is 1. The first-order valence-corrected chi connectivity index (χ1v) is 7.26. The molecule has 0 radical (unpaired) electrons. The van der Waals surface area contributed by atoms with Gasteiger partial charge in [-0.25, -0.2) is 0 Å². The summed E-state index contributed by atoms with van der Waals surface area (Å²) in [5.41, 5.74) is 0.690. The van der Waals surface area contributed by atoms with E-state index in [2.05, 4.69) is 31.9 Å². The first kappa shape index (κ1) is 12.9. The van der Waals surface area contributed by atoms with Crippen LogP contribution in [0.4, 0.5) is 0 Å². The van der Waals surface area contributed by atoms with Crippen LogP contribution in [0.1, 0.15) is 16.1 Å². The molecule has 0 aromatic carbocycles. The first-order valence-electron chi connectivity index (χ1n) is 4.80. The molecular weight excluding hydrogens is 370 g/mol. The minimum absolute atomic E-state index is 0.0144. The Labute approximate surface area is 120 Å². The highest BCUT2D eigenvalue weighted by Crippen LogP contribution is 2.22. The fourth-order valence-corrected chi connectivity index (χ4v) is 2.86. The van der Waals surface area contributed by atoms with E-state index in [1.54, 1.807) is 11.9 Å². The number of nitrogens with zero attached hydrogens (tertiary/aromatic N) is 1. The van der Waals surface area contributed by atoms with Crippen molar-refractivity contribution in [3.8, 4) is 0 Å². The number of rotatable bonds is 3. The van der Waals surface area contributed by atoms with Gasteiger partial charge in [-0.05, 0) is 50.1 Å². The van der Waals surface area contributed by atoms with Crippen LogP contribution < -0.4 is 0 Å². The average Bonchev–Trinajstić information content (AvgIpc) is 2.87. The summed E-state index contributed by atoms with van der Waals surface area (Å²) in [4.78, 5) is 13.7. The molecule has 2 rings (SSSR count). The number of hydrogen-bond acceptors (Lipinski definition) is 3. The Morgan fingerprint density at radius 2 is 2.24 bits per heavy atom. The van der Waals surface area contributed by atoms with Gasteiger partial charge in [-0.1, -0.05) is 0 Å². The molecule has 0 saturated carbocycles. The molecule has 0 saturated heterocycles. The number of amides is 1. The van der Waals surface area contributed by atoms with Crippen LogP contribution in [0, 0.1) is 0 Å². The molecule has 0 N–H and O–H groups in total. The average molecular weight is 379 g/mol. The normalized spacial score (nSPS) is 10.5. The quantitative estimate of drug-likeness (QED) is 0.804. The smallest absolute Gasteiger partial charge is 0.254 e. The van der Waals surface area contributed by atoms with Crippen molar-refractivity contribution in [2.75, 3.05) is 7.05 Å². The summed E-state index contributed by atoms with van der Waals surface area (Å²) < 4.78 is 6.99. The lowest BCUT2D eigenvalue weighted by Gasteiger charge is -2.14. The summed E-state index contributed by atoms with van der Waals surface area (Å²) in [5, 5.41) is 1.83. The lowest BCUT2D eigenvalue weighted by atomic mass is 10.3. The summed E-state index contributed by atoms with van der Waals surface area (Å²) in [6.07, 6.45) is 0. The van der Waals surface area contributed by atoms with Gasteiger partial charge in [0.05, 0.1) is 15.9 Å². The minimum atomic E-state index is -0.0144. The van der Waals surface area contributed by atoms with Crippen molar-refractivity contribution in [1.82, 2.24) is 4.90 Å². The molecular formula is C11H9Br2NO2S. The Morgan fingerprint density at radius 1 is 1.47 bits per heavy atom. The van der Waals surface area contributed by atoms with Crippen molar-refractivity contribution in [3.63, 3.8) is 0 Å². The van der Waals surface area contributed by atoms with Crippen molar-refractivity contribution in [3.05, 3.63) is 43.4 Å². The van der Waals surface area contributed by atoms with Crippen molar-refractivity contribution in [1.29, 1.82) is 0 Å². The number of furan rings is 1. The molecule has 3 nitrogen and oxygen atoms in total. The van der Waals surface area contributed by atoms with Gasteiger partial charge in [-0.2, -0.15) is 0 Å². The highest BCUT2D eigenvalue weighted by atomic mass is 79.9. The second kappa shape index (κ2) is 5.37. The topological polar surface area (TPSA) is 33.5 Å². The number of carbonyl (C=O) groups excluding carboxylic acids is 1. The van der Waals surface area contributed by atoms with Gasteiger partial charge in [0, 0.05) is 12.4 Å². The molecule has 0 aliphatic rings. The van der Waals surface area contributed by atoms with Crippen LogP contribution >= 0.6 is 43.2 Å². The molecule has 2 aromatic rings. The second-order valence-electron chi connectivity index (χ2n) is 3.51. The first-order chi connectivity index (χ1) is 8.06. The molecule has 1 amide bonds. The largest absolute Gasteiger partial charge is 0.452 e. The van der Waals surface area contributed by atoms with E-state index in [-0.39, 0.29) is 5.91 Å². The van der Waals surface area contributed by atoms with E-state index in [0.29, 0.717) is 16.8 Å². The Bertz CT molecular complexity index is 535. The second-order valence-corrected chi connectivity index (χ2v) is 6.58. The Kier molecular flexibility index (Phi) is 4.06. The van der Waals surface area contributed by atoms with Crippen LogP contribution in [-0.4, -0.2) is 17.9 Å². The van der Waals surface area contributed by atoms with E-state index in [4.69, 9.17) is 4.42 Å². The predicted octanol–water partition coefficient (Wildman–Crippen LogP) is 4.14. The summed E-state index contributed by atoms with van der Waals surface area (Å²) in [7, 11) is 1.75. The van der Waals surface area contributed by atoms with Crippen LogP contribution in [0.15, 0.2) is 36.5 Å². The molecule has 6 heteroatoms. The summed E-state index contributed by atoms with van der Waals surface area (Å²) in [6, 6.07) is 5.48. The fourth-order valence-electron chi connectivity index (χ4n) is 1.38. The Balaban J connectivity index is 2.05. The maximum absolute atomic E-state index is 12.0. The molecule has 0 aliphatic carbocycles. The number of hydrogen-bond donors (Lipinski definition) is 0. The SMILES string of the molecule is CN(Cc1ccc(Br)o1)C(=O)c1csc(Br)c1. The van der Waals surface area contributed by atoms with Gasteiger partial charge in [-0.15, -0.1) is 11.3 Å². The van der Waals surface area contributed by atoms with Gasteiger partial charge in [0.25, 0.3) is 5.91 Å². The third-order valence-electron chi connectivity index (χ3n) is 2.18. The molecule has 0 spiro atoms. The standard InChI is InChI=1S/C11H9Br2NO2S/c1-14(5-8-2-3-9(12)16-8)11(15)7-4-10(13)17-6-7/h2-4,6H,5H2,1H3. The molecule has 0 unspecified atom stereocenters. The lowest BCUT2D eigenvalue weighted by molar-refractivity contribution is 0.0775. The molecule has 0 atom stereocenters. The van der Waals surface area contributed by atoms with E-state index in [1.165, 1.54) is 11.3 Å². The predicted molar refractivity (Wildman–Crippen MR) is 74.2 cm³/mol. The fraction of sp³-hybridized carbons (Fsp3) is 0.182. The highest BCUT2D eigenvalue weighted by Gasteiger charge is 2.14. The van der Waals surface area contributed by atoms with E-state index in [9.17, 15) is 4.79 Å². The zero-order chi connectivity index (χ0) is 12.4. The Morgan fingerprint density at radius 3 is 2.76 bits per heavy atom. The van der Waals surface area contributed by atoms with Crippen LogP contribution in [0.25, 0.3) is 0 Å². The van der Waals surface area contributed by atoms with Crippen LogP contribution in [0.5, 0.6) is 0 Å². The summed E-state index contributed by atoms with van der Waals surface area (Å²) in [5.74, 6) is 0.737. The van der Waals surface area contributed by atoms with Crippen LogP contribution in [0.2, 0.25) is 0 Å². The lowest BCUT2D eigenvalue weighted by Crippen LogP contribution is -2.25. The van der Waals surface area contributed by atoms with Crippen molar-refractivity contribution in [2.24, 2.45) is 0 Å². The number of halogens is 2. The van der Waals surface area contributed by atoms with Gasteiger partial charge in [0.15, 0.2) is 4.67 Å². The molecule has 90 valence electrons. The zero-order valence-corrected chi connectivity index (χ0v) is 12.9. The van der Waals surface area contributed by atoms with Gasteiger partial charge >= 0.3 is 0 Å². The van der Waals surface area contributed by atoms with Crippen molar-refractivity contribution in [2.45, 2.75) is 6.54 Å². The monoisotopic (exact) mass is 377 g/mol. The minimum Gasteiger partial charge on any atom is -0.452 e. The third kappa shape index (κ3) is 3.20. The maximum atomic E-state index is 12.0. The maximum Gasteiger partial charge on any atom is 0.254 e. The molecule has 2 heterocycles. The van der Waals surface area contributed by atoms with Crippen molar-refractivity contribution >= 4 is 49.1 Å². The van der Waals surface area contributed by atoms with Crippen LogP contribution in [-0.2, 0) is 6.54 Å². The Hall–Kier alpha value is -0.590. The number of thiophene rings is 1. The third-order valence-corrected chi connectivity index (χ3v) is 4.11. The summed E-state index contributed by atoms with van der Waals surface area (Å²) >= 11 is 8.07. The molecule has 0 aliphatic heterocycles. The van der Waals surface area contributed by atoms with Gasteiger partial charge in [0.1, 0.15) is 5.76 Å². The van der Waals surface area contributed by atoms with Gasteiger partial charge in [-0.3, -0.25) is 4.79 Å². The molecule has 17 heavy (non-hydrogen) atoms. The van der Waals surface area contributed by atoms with E-state index < -0.39 is 0 Å². The zero-order valence-electron chi connectivity index (χ0n) is 8.94. The molecule has 2 aromatic heterocycles. The highest BCUT2D eigenvalue weighted by molar-refractivity contribution is 9.11. The van der Waals surface area contributed by atoms with Crippen molar-refractivity contribution < 1.29 is 9.21 Å². The van der Waals surface area contributed by atoms with Crippen LogP contribution in [0.3, 0.4) is 0 Å².